The molecule has 0 radical (unpaired) electrons. The number of rotatable bonds is 5. The summed E-state index contributed by atoms with van der Waals surface area (Å²) in [5, 5.41) is 1.02. The second kappa shape index (κ2) is 8.12. The van der Waals surface area contributed by atoms with E-state index in [0.29, 0.717) is 13.1 Å². The van der Waals surface area contributed by atoms with E-state index in [1.165, 1.54) is 4.88 Å². The quantitative estimate of drug-likeness (QED) is 0.656. The van der Waals surface area contributed by atoms with Crippen molar-refractivity contribution in [2.45, 2.75) is 19.5 Å². The van der Waals surface area contributed by atoms with Crippen molar-refractivity contribution in [3.05, 3.63) is 65.7 Å². The minimum Gasteiger partial charge on any atom is -0.497 e. The summed E-state index contributed by atoms with van der Waals surface area (Å²) in [4.78, 5) is 22.6. The van der Waals surface area contributed by atoms with Gasteiger partial charge in [-0.3, -0.25) is 9.69 Å². The standard InChI is InChI=1S/C22H23N3O2S/c1-16-13-25(18-9-6-10-19(11-18)27-2)21(26)15-24(16)14-20-12-23-22(28-20)17-7-4-3-5-8-17/h3-12,16H,13-15H2,1-2H3. The Kier molecular flexibility index (Phi) is 5.41. The fourth-order valence-electron chi connectivity index (χ4n) is 3.43. The van der Waals surface area contributed by atoms with E-state index in [2.05, 4.69) is 28.9 Å². The highest BCUT2D eigenvalue weighted by atomic mass is 32.1. The van der Waals surface area contributed by atoms with Crippen molar-refractivity contribution in [3.63, 3.8) is 0 Å². The van der Waals surface area contributed by atoms with Crippen LogP contribution in [0.1, 0.15) is 11.8 Å². The lowest BCUT2D eigenvalue weighted by Crippen LogP contribution is -2.54. The molecule has 1 aliphatic heterocycles. The Labute approximate surface area is 169 Å². The van der Waals surface area contributed by atoms with E-state index in [1.807, 2.05) is 53.6 Å². The number of nitrogens with zero attached hydrogens (tertiary/aromatic N) is 3. The van der Waals surface area contributed by atoms with Crippen LogP contribution in [0.3, 0.4) is 0 Å². The summed E-state index contributed by atoms with van der Waals surface area (Å²) in [5.41, 5.74) is 2.02. The maximum Gasteiger partial charge on any atom is 0.241 e. The van der Waals surface area contributed by atoms with E-state index in [4.69, 9.17) is 4.74 Å². The van der Waals surface area contributed by atoms with E-state index >= 15 is 0 Å². The Balaban J connectivity index is 1.45. The van der Waals surface area contributed by atoms with Gasteiger partial charge in [0.05, 0.1) is 13.7 Å². The van der Waals surface area contributed by atoms with Gasteiger partial charge in [-0.2, -0.15) is 0 Å². The Hall–Kier alpha value is -2.70. The van der Waals surface area contributed by atoms with Crippen LogP contribution in [0, 0.1) is 0 Å². The van der Waals surface area contributed by atoms with Gasteiger partial charge >= 0.3 is 0 Å². The molecule has 1 amide bonds. The van der Waals surface area contributed by atoms with E-state index in [1.54, 1.807) is 18.4 Å². The number of ether oxygens (including phenoxy) is 1. The van der Waals surface area contributed by atoms with Crippen molar-refractivity contribution in [2.75, 3.05) is 25.1 Å². The van der Waals surface area contributed by atoms with Crippen LogP contribution in [0.4, 0.5) is 5.69 Å². The molecule has 0 spiro atoms. The number of hydrogen-bond donors (Lipinski definition) is 0. The number of carbonyl (C=O) groups is 1. The smallest absolute Gasteiger partial charge is 0.241 e. The van der Waals surface area contributed by atoms with Crippen LogP contribution < -0.4 is 9.64 Å². The Morgan fingerprint density at radius 1 is 1.18 bits per heavy atom. The van der Waals surface area contributed by atoms with Crippen molar-refractivity contribution in [1.29, 1.82) is 0 Å². The number of piperazine rings is 1. The van der Waals surface area contributed by atoms with Gasteiger partial charge in [-0.05, 0) is 19.1 Å². The molecule has 0 saturated carbocycles. The lowest BCUT2D eigenvalue weighted by atomic mass is 10.1. The molecule has 0 N–H and O–H groups in total. The molecule has 0 aliphatic carbocycles. The van der Waals surface area contributed by atoms with E-state index in [9.17, 15) is 4.79 Å². The lowest BCUT2D eigenvalue weighted by Gasteiger charge is -2.39. The number of methoxy groups -OCH3 is 1. The fraction of sp³-hybridized carbons (Fsp3) is 0.273. The van der Waals surface area contributed by atoms with Crippen LogP contribution in [0.2, 0.25) is 0 Å². The third-order valence-corrected chi connectivity index (χ3v) is 6.04. The average Bonchev–Trinajstić information content (AvgIpc) is 3.20. The third kappa shape index (κ3) is 3.93. The van der Waals surface area contributed by atoms with E-state index in [-0.39, 0.29) is 11.9 Å². The number of hydrogen-bond acceptors (Lipinski definition) is 5. The minimum atomic E-state index is 0.110. The first-order valence-electron chi connectivity index (χ1n) is 9.32. The molecule has 2 aromatic carbocycles. The predicted molar refractivity (Wildman–Crippen MR) is 113 cm³/mol. The van der Waals surface area contributed by atoms with Gasteiger partial charge < -0.3 is 9.64 Å². The molecule has 2 heterocycles. The summed E-state index contributed by atoms with van der Waals surface area (Å²) < 4.78 is 5.29. The molecule has 1 fully saturated rings. The van der Waals surface area contributed by atoms with Crippen molar-refractivity contribution >= 4 is 22.9 Å². The van der Waals surface area contributed by atoms with Crippen LogP contribution in [-0.4, -0.2) is 42.0 Å². The summed E-state index contributed by atoms with van der Waals surface area (Å²) in [6.07, 6.45) is 1.93. The van der Waals surface area contributed by atoms with Crippen LogP contribution in [0.5, 0.6) is 5.75 Å². The van der Waals surface area contributed by atoms with Crippen molar-refractivity contribution in [2.24, 2.45) is 0 Å². The van der Waals surface area contributed by atoms with Crippen LogP contribution in [0.25, 0.3) is 10.6 Å². The molecule has 28 heavy (non-hydrogen) atoms. The Morgan fingerprint density at radius 3 is 2.79 bits per heavy atom. The molecule has 1 atom stereocenters. The summed E-state index contributed by atoms with van der Waals surface area (Å²) in [5.74, 6) is 0.873. The van der Waals surface area contributed by atoms with Crippen LogP contribution in [0.15, 0.2) is 60.8 Å². The fourth-order valence-corrected chi connectivity index (χ4v) is 4.37. The van der Waals surface area contributed by atoms with Gasteiger partial charge in [0.15, 0.2) is 0 Å². The number of thiazole rings is 1. The van der Waals surface area contributed by atoms with Gasteiger partial charge in [-0.1, -0.05) is 36.4 Å². The number of benzene rings is 2. The molecule has 1 aliphatic rings. The first kappa shape index (κ1) is 18.7. The molecule has 4 rings (SSSR count). The van der Waals surface area contributed by atoms with Crippen LogP contribution >= 0.6 is 11.3 Å². The van der Waals surface area contributed by atoms with Gasteiger partial charge in [0.25, 0.3) is 0 Å². The molecule has 6 heteroatoms. The second-order valence-corrected chi connectivity index (χ2v) is 8.07. The van der Waals surface area contributed by atoms with Crippen molar-refractivity contribution in [1.82, 2.24) is 9.88 Å². The lowest BCUT2D eigenvalue weighted by molar-refractivity contribution is -0.122. The highest BCUT2D eigenvalue weighted by Crippen LogP contribution is 2.28. The number of amides is 1. The molecular formula is C22H23N3O2S. The average molecular weight is 394 g/mol. The number of carbonyl (C=O) groups excluding carboxylic acids is 1. The zero-order valence-corrected chi connectivity index (χ0v) is 16.9. The van der Waals surface area contributed by atoms with Crippen molar-refractivity contribution < 1.29 is 9.53 Å². The van der Waals surface area contributed by atoms with E-state index in [0.717, 1.165) is 28.6 Å². The second-order valence-electron chi connectivity index (χ2n) is 6.96. The van der Waals surface area contributed by atoms with Gasteiger partial charge in [-0.25, -0.2) is 4.98 Å². The van der Waals surface area contributed by atoms with Gasteiger partial charge in [0.2, 0.25) is 5.91 Å². The predicted octanol–water partition coefficient (Wildman–Crippen LogP) is 4.06. The largest absolute Gasteiger partial charge is 0.497 e. The maximum atomic E-state index is 12.8. The molecule has 1 aromatic heterocycles. The highest BCUT2D eigenvalue weighted by Gasteiger charge is 2.30. The molecule has 5 nitrogen and oxygen atoms in total. The summed E-state index contributed by atoms with van der Waals surface area (Å²) in [6, 6.07) is 18.1. The highest BCUT2D eigenvalue weighted by molar-refractivity contribution is 7.15. The minimum absolute atomic E-state index is 0.110. The molecule has 1 unspecified atom stereocenters. The molecular weight excluding hydrogens is 370 g/mol. The molecule has 3 aromatic rings. The Bertz CT molecular complexity index is 957. The normalized spacial score (nSPS) is 17.7. The van der Waals surface area contributed by atoms with Gasteiger partial charge in [-0.15, -0.1) is 11.3 Å². The topological polar surface area (TPSA) is 45.7 Å². The molecule has 1 saturated heterocycles. The van der Waals surface area contributed by atoms with Crippen LogP contribution in [-0.2, 0) is 11.3 Å². The third-order valence-electron chi connectivity index (χ3n) is 5.01. The first-order valence-corrected chi connectivity index (χ1v) is 10.1. The Morgan fingerprint density at radius 2 is 2.00 bits per heavy atom. The number of aromatic nitrogens is 1. The zero-order valence-electron chi connectivity index (χ0n) is 16.0. The summed E-state index contributed by atoms with van der Waals surface area (Å²) in [6.45, 7) is 3.97. The van der Waals surface area contributed by atoms with Crippen molar-refractivity contribution in [3.8, 4) is 16.3 Å². The summed E-state index contributed by atoms with van der Waals surface area (Å²) in [7, 11) is 1.64. The molecule has 0 bridgehead atoms. The summed E-state index contributed by atoms with van der Waals surface area (Å²) >= 11 is 1.69. The van der Waals surface area contributed by atoms with Gasteiger partial charge in [0.1, 0.15) is 10.8 Å². The monoisotopic (exact) mass is 393 g/mol. The zero-order chi connectivity index (χ0) is 19.5. The SMILES string of the molecule is COc1cccc(N2CC(C)N(Cc3cnc(-c4ccccc4)s3)CC2=O)c1. The number of anilines is 1. The maximum absolute atomic E-state index is 12.8. The molecule has 144 valence electrons. The van der Waals surface area contributed by atoms with Gasteiger partial charge in [0, 0.05) is 47.5 Å². The van der Waals surface area contributed by atoms with E-state index < -0.39 is 0 Å². The first-order chi connectivity index (χ1) is 13.6.